The lowest BCUT2D eigenvalue weighted by molar-refractivity contribution is 0.248. The van der Waals surface area contributed by atoms with Crippen molar-refractivity contribution in [1.29, 1.82) is 0 Å². The second-order valence-corrected chi connectivity index (χ2v) is 4.17. The molecule has 0 unspecified atom stereocenters. The number of pyridine rings is 1. The predicted molar refractivity (Wildman–Crippen MR) is 72.2 cm³/mol. The molecule has 1 aromatic heterocycles. The molecule has 0 fully saturated rings. The first kappa shape index (κ1) is 13.4. The average molecular weight is 259 g/mol. The molecule has 100 valence electrons. The maximum Gasteiger partial charge on any atom is 0.167 e. The number of aromatic nitrogens is 1. The number of aliphatic hydroxyl groups excluding tert-OH is 1. The first-order valence-electron chi connectivity index (χ1n) is 6.06. The van der Waals surface area contributed by atoms with E-state index in [0.717, 1.165) is 11.4 Å². The van der Waals surface area contributed by atoms with Gasteiger partial charge in [-0.3, -0.25) is 4.98 Å². The number of ether oxygens (including phenoxy) is 2. The number of aryl methyl sites for hydroxylation is 1. The number of hydrogen-bond donors (Lipinski definition) is 1. The highest BCUT2D eigenvalue weighted by molar-refractivity contribution is 5.46. The van der Waals surface area contributed by atoms with Crippen molar-refractivity contribution in [3.8, 4) is 11.5 Å². The summed E-state index contributed by atoms with van der Waals surface area (Å²) in [5.74, 6) is 1.18. The zero-order valence-electron chi connectivity index (χ0n) is 11.1. The molecule has 1 aromatic carbocycles. The predicted octanol–water partition coefficient (Wildman–Crippen LogP) is 2.47. The number of benzene rings is 1. The topological polar surface area (TPSA) is 51.6 Å². The van der Waals surface area contributed by atoms with Crippen LogP contribution in [0.3, 0.4) is 0 Å². The van der Waals surface area contributed by atoms with Crippen LogP contribution < -0.4 is 9.47 Å². The fourth-order valence-corrected chi connectivity index (χ4v) is 1.84. The van der Waals surface area contributed by atoms with E-state index in [0.29, 0.717) is 23.7 Å². The van der Waals surface area contributed by atoms with Crippen LogP contribution in [0.2, 0.25) is 0 Å². The zero-order valence-corrected chi connectivity index (χ0v) is 11.1. The standard InChI is InChI=1S/C15H17NO3/c1-11-5-3-7-13(16-11)10-19-15-12(9-17)6-4-8-14(15)18-2/h3-8,17H,9-10H2,1-2H3. The van der Waals surface area contributed by atoms with Crippen LogP contribution in [0.1, 0.15) is 17.0 Å². The van der Waals surface area contributed by atoms with E-state index in [2.05, 4.69) is 4.98 Å². The van der Waals surface area contributed by atoms with Crippen LogP contribution in [-0.4, -0.2) is 17.2 Å². The van der Waals surface area contributed by atoms with Gasteiger partial charge in [0, 0.05) is 11.3 Å². The number of nitrogens with zero attached hydrogens (tertiary/aromatic N) is 1. The van der Waals surface area contributed by atoms with Gasteiger partial charge in [-0.2, -0.15) is 0 Å². The smallest absolute Gasteiger partial charge is 0.167 e. The van der Waals surface area contributed by atoms with Crippen molar-refractivity contribution in [2.24, 2.45) is 0 Å². The zero-order chi connectivity index (χ0) is 13.7. The van der Waals surface area contributed by atoms with Crippen molar-refractivity contribution in [3.05, 3.63) is 53.3 Å². The Morgan fingerprint density at radius 1 is 1.16 bits per heavy atom. The lowest BCUT2D eigenvalue weighted by Crippen LogP contribution is -2.03. The van der Waals surface area contributed by atoms with E-state index in [1.165, 1.54) is 0 Å². The van der Waals surface area contributed by atoms with Gasteiger partial charge in [0.05, 0.1) is 19.4 Å². The summed E-state index contributed by atoms with van der Waals surface area (Å²) in [4.78, 5) is 4.37. The molecule has 0 aliphatic heterocycles. The molecule has 0 saturated heterocycles. The molecule has 4 nitrogen and oxygen atoms in total. The number of aliphatic hydroxyl groups is 1. The van der Waals surface area contributed by atoms with Crippen LogP contribution in [0.15, 0.2) is 36.4 Å². The van der Waals surface area contributed by atoms with E-state index in [-0.39, 0.29) is 6.61 Å². The first-order valence-corrected chi connectivity index (χ1v) is 6.06. The summed E-state index contributed by atoms with van der Waals surface area (Å²) in [5.41, 5.74) is 2.49. The number of para-hydroxylation sites is 1. The van der Waals surface area contributed by atoms with Gasteiger partial charge in [0.1, 0.15) is 6.61 Å². The Morgan fingerprint density at radius 2 is 1.95 bits per heavy atom. The molecule has 0 saturated carbocycles. The van der Waals surface area contributed by atoms with Gasteiger partial charge in [0.2, 0.25) is 0 Å². The Balaban J connectivity index is 2.19. The fraction of sp³-hybridized carbons (Fsp3) is 0.267. The SMILES string of the molecule is COc1cccc(CO)c1OCc1cccc(C)n1. The summed E-state index contributed by atoms with van der Waals surface area (Å²) in [5, 5.41) is 9.33. The number of rotatable bonds is 5. The van der Waals surface area contributed by atoms with Crippen molar-refractivity contribution < 1.29 is 14.6 Å². The van der Waals surface area contributed by atoms with Crippen LogP contribution in [0.5, 0.6) is 11.5 Å². The van der Waals surface area contributed by atoms with Crippen LogP contribution >= 0.6 is 0 Å². The average Bonchev–Trinajstić information content (AvgIpc) is 2.44. The minimum Gasteiger partial charge on any atom is -0.493 e. The van der Waals surface area contributed by atoms with Gasteiger partial charge in [0.15, 0.2) is 11.5 Å². The second kappa shape index (κ2) is 6.20. The van der Waals surface area contributed by atoms with Crippen LogP contribution in [0.25, 0.3) is 0 Å². The Labute approximate surface area is 112 Å². The second-order valence-electron chi connectivity index (χ2n) is 4.17. The van der Waals surface area contributed by atoms with E-state index < -0.39 is 0 Å². The molecule has 1 heterocycles. The Morgan fingerprint density at radius 3 is 2.63 bits per heavy atom. The third-order valence-corrected chi connectivity index (χ3v) is 2.76. The Kier molecular flexibility index (Phi) is 4.36. The quantitative estimate of drug-likeness (QED) is 0.896. The molecule has 1 N–H and O–H groups in total. The molecular formula is C15H17NO3. The highest BCUT2D eigenvalue weighted by Gasteiger charge is 2.10. The third kappa shape index (κ3) is 3.23. The molecule has 0 radical (unpaired) electrons. The molecule has 0 aliphatic carbocycles. The van der Waals surface area contributed by atoms with Gasteiger partial charge in [-0.15, -0.1) is 0 Å². The Hall–Kier alpha value is -2.07. The molecule has 2 rings (SSSR count). The van der Waals surface area contributed by atoms with Crippen LogP contribution in [0, 0.1) is 6.92 Å². The van der Waals surface area contributed by atoms with Gasteiger partial charge in [-0.05, 0) is 25.1 Å². The molecule has 0 bridgehead atoms. The van der Waals surface area contributed by atoms with Crippen molar-refractivity contribution in [3.63, 3.8) is 0 Å². The largest absolute Gasteiger partial charge is 0.493 e. The van der Waals surface area contributed by atoms with Crippen molar-refractivity contribution in [2.45, 2.75) is 20.1 Å². The highest BCUT2D eigenvalue weighted by Crippen LogP contribution is 2.31. The van der Waals surface area contributed by atoms with Crippen LogP contribution in [0.4, 0.5) is 0 Å². The summed E-state index contributed by atoms with van der Waals surface area (Å²) in [7, 11) is 1.58. The molecule has 4 heteroatoms. The van der Waals surface area contributed by atoms with E-state index in [4.69, 9.17) is 9.47 Å². The molecule has 0 aliphatic rings. The van der Waals surface area contributed by atoms with E-state index in [1.807, 2.05) is 37.3 Å². The summed E-state index contributed by atoms with van der Waals surface area (Å²) < 4.78 is 11.0. The van der Waals surface area contributed by atoms with Gasteiger partial charge in [-0.1, -0.05) is 18.2 Å². The molecule has 19 heavy (non-hydrogen) atoms. The summed E-state index contributed by atoms with van der Waals surface area (Å²) in [6.45, 7) is 2.19. The minimum atomic E-state index is -0.0895. The molecular weight excluding hydrogens is 242 g/mol. The van der Waals surface area contributed by atoms with Crippen molar-refractivity contribution >= 4 is 0 Å². The molecule has 0 atom stereocenters. The Bertz CT molecular complexity index is 533. The van der Waals surface area contributed by atoms with Crippen LogP contribution in [-0.2, 0) is 13.2 Å². The minimum absolute atomic E-state index is 0.0895. The lowest BCUT2D eigenvalue weighted by atomic mass is 10.2. The summed E-state index contributed by atoms with van der Waals surface area (Å²) in [6, 6.07) is 11.2. The number of methoxy groups -OCH3 is 1. The lowest BCUT2D eigenvalue weighted by Gasteiger charge is -2.13. The van der Waals surface area contributed by atoms with Gasteiger partial charge in [-0.25, -0.2) is 0 Å². The molecule has 2 aromatic rings. The van der Waals surface area contributed by atoms with Gasteiger partial charge < -0.3 is 14.6 Å². The van der Waals surface area contributed by atoms with E-state index in [9.17, 15) is 5.11 Å². The van der Waals surface area contributed by atoms with E-state index >= 15 is 0 Å². The molecule has 0 spiro atoms. The van der Waals surface area contributed by atoms with Gasteiger partial charge >= 0.3 is 0 Å². The first-order chi connectivity index (χ1) is 9.24. The van der Waals surface area contributed by atoms with Gasteiger partial charge in [0.25, 0.3) is 0 Å². The van der Waals surface area contributed by atoms with Crippen molar-refractivity contribution in [1.82, 2.24) is 4.98 Å². The van der Waals surface area contributed by atoms with E-state index in [1.54, 1.807) is 13.2 Å². The summed E-state index contributed by atoms with van der Waals surface area (Å²) in [6.07, 6.45) is 0. The maximum absolute atomic E-state index is 9.33. The normalized spacial score (nSPS) is 10.3. The third-order valence-electron chi connectivity index (χ3n) is 2.76. The highest BCUT2D eigenvalue weighted by atomic mass is 16.5. The number of hydrogen-bond acceptors (Lipinski definition) is 4. The fourth-order valence-electron chi connectivity index (χ4n) is 1.84. The maximum atomic E-state index is 9.33. The molecule has 0 amide bonds. The summed E-state index contributed by atoms with van der Waals surface area (Å²) >= 11 is 0. The monoisotopic (exact) mass is 259 g/mol. The van der Waals surface area contributed by atoms with Crippen molar-refractivity contribution in [2.75, 3.05) is 7.11 Å².